The second-order valence-electron chi connectivity index (χ2n) is 7.62. The van der Waals surface area contributed by atoms with Crippen LogP contribution in [0.25, 0.3) is 10.9 Å². The molecule has 2 saturated heterocycles. The van der Waals surface area contributed by atoms with Crippen molar-refractivity contribution in [2.75, 3.05) is 26.2 Å². The summed E-state index contributed by atoms with van der Waals surface area (Å²) in [6, 6.07) is 5.84. The molecule has 138 valence electrons. The van der Waals surface area contributed by atoms with E-state index in [1.54, 1.807) is 4.90 Å². The molecule has 0 unspecified atom stereocenters. The highest BCUT2D eigenvalue weighted by molar-refractivity contribution is 6.35. The van der Waals surface area contributed by atoms with Crippen LogP contribution in [0.4, 0.5) is 0 Å². The average molecular weight is 376 g/mol. The number of carbonyl (C=O) groups excluding carboxylic acids is 1. The Morgan fingerprint density at radius 3 is 2.73 bits per heavy atom. The molecule has 2 atom stereocenters. The lowest BCUT2D eigenvalue weighted by atomic mass is 9.81. The maximum Gasteiger partial charge on any atom is 0.313 e. The fourth-order valence-corrected chi connectivity index (χ4v) is 4.81. The topological polar surface area (TPSA) is 76.6 Å². The molecule has 6 nitrogen and oxygen atoms in total. The number of aryl methyl sites for hydroxylation is 1. The van der Waals surface area contributed by atoms with E-state index in [1.165, 1.54) is 6.92 Å². The predicted molar refractivity (Wildman–Crippen MR) is 99.1 cm³/mol. The van der Waals surface area contributed by atoms with Crippen molar-refractivity contribution in [3.8, 4) is 0 Å². The van der Waals surface area contributed by atoms with Gasteiger partial charge in [-0.15, -0.1) is 0 Å². The van der Waals surface area contributed by atoms with Crippen LogP contribution in [0.5, 0.6) is 0 Å². The summed E-state index contributed by atoms with van der Waals surface area (Å²) in [7, 11) is 0. The molecule has 1 aromatic carbocycles. The number of nitrogens with one attached hydrogen (secondary N) is 1. The van der Waals surface area contributed by atoms with Crippen molar-refractivity contribution in [2.45, 2.75) is 20.4 Å². The number of likely N-dealkylation sites (tertiary alicyclic amines) is 2. The maximum absolute atomic E-state index is 12.0. The molecular formula is C19H22ClN3O3. The van der Waals surface area contributed by atoms with Crippen molar-refractivity contribution < 1.29 is 14.7 Å². The number of aromatic amines is 1. The number of aliphatic carboxylic acids is 1. The zero-order valence-electron chi connectivity index (χ0n) is 14.9. The highest BCUT2D eigenvalue weighted by Crippen LogP contribution is 2.43. The van der Waals surface area contributed by atoms with Gasteiger partial charge in [-0.1, -0.05) is 23.7 Å². The molecule has 2 aromatic rings. The van der Waals surface area contributed by atoms with Crippen molar-refractivity contribution in [2.24, 2.45) is 11.3 Å². The van der Waals surface area contributed by atoms with Crippen LogP contribution in [0, 0.1) is 18.3 Å². The molecule has 0 saturated carbocycles. The van der Waals surface area contributed by atoms with Crippen LogP contribution in [0.1, 0.15) is 18.2 Å². The second kappa shape index (κ2) is 5.99. The van der Waals surface area contributed by atoms with Gasteiger partial charge in [0.25, 0.3) is 0 Å². The highest BCUT2D eigenvalue weighted by Gasteiger charge is 2.58. The SMILES string of the molecule is CC(=O)N1C[C@H]2CN(Cc3[nH]c4c(Cl)cccc4c3C)C[C@@]2(C(=O)O)C1. The van der Waals surface area contributed by atoms with E-state index in [9.17, 15) is 14.7 Å². The summed E-state index contributed by atoms with van der Waals surface area (Å²) < 4.78 is 0. The molecule has 1 amide bonds. The first-order valence-electron chi connectivity index (χ1n) is 8.79. The number of rotatable bonds is 3. The van der Waals surface area contributed by atoms with E-state index in [4.69, 9.17) is 11.6 Å². The Morgan fingerprint density at radius 2 is 2.12 bits per heavy atom. The number of aromatic nitrogens is 1. The van der Waals surface area contributed by atoms with Crippen LogP contribution in [0.15, 0.2) is 18.2 Å². The van der Waals surface area contributed by atoms with E-state index >= 15 is 0 Å². The quantitative estimate of drug-likeness (QED) is 0.864. The molecule has 4 rings (SSSR count). The van der Waals surface area contributed by atoms with Gasteiger partial charge in [0.2, 0.25) is 5.91 Å². The molecule has 0 aliphatic carbocycles. The smallest absolute Gasteiger partial charge is 0.313 e. The lowest BCUT2D eigenvalue weighted by Crippen LogP contribution is -2.41. The minimum absolute atomic E-state index is 0.0304. The Labute approximate surface area is 156 Å². The van der Waals surface area contributed by atoms with Gasteiger partial charge >= 0.3 is 5.97 Å². The molecule has 2 aliphatic rings. The first kappa shape index (κ1) is 17.4. The van der Waals surface area contributed by atoms with Crippen molar-refractivity contribution in [1.29, 1.82) is 0 Å². The summed E-state index contributed by atoms with van der Waals surface area (Å²) in [6.45, 7) is 6.18. The Hall–Kier alpha value is -2.05. The summed E-state index contributed by atoms with van der Waals surface area (Å²) in [5.74, 6) is -0.880. The lowest BCUT2D eigenvalue weighted by Gasteiger charge is -2.25. The molecule has 0 bridgehead atoms. The number of H-pyrrole nitrogens is 1. The van der Waals surface area contributed by atoms with Gasteiger partial charge in [0.1, 0.15) is 5.41 Å². The number of nitrogens with zero attached hydrogens (tertiary/aromatic N) is 2. The second-order valence-corrected chi connectivity index (χ2v) is 8.03. The minimum Gasteiger partial charge on any atom is -0.481 e. The van der Waals surface area contributed by atoms with Gasteiger partial charge in [-0.05, 0) is 18.6 Å². The minimum atomic E-state index is -0.858. The number of halogens is 1. The van der Waals surface area contributed by atoms with Gasteiger partial charge in [0.15, 0.2) is 0 Å². The first-order chi connectivity index (χ1) is 12.3. The lowest BCUT2D eigenvalue weighted by molar-refractivity contribution is -0.149. The first-order valence-corrected chi connectivity index (χ1v) is 9.16. The van der Waals surface area contributed by atoms with E-state index in [0.717, 1.165) is 22.2 Å². The van der Waals surface area contributed by atoms with E-state index < -0.39 is 11.4 Å². The van der Waals surface area contributed by atoms with E-state index in [2.05, 4.69) is 16.8 Å². The van der Waals surface area contributed by atoms with Crippen LogP contribution in [0.3, 0.4) is 0 Å². The molecule has 7 heteroatoms. The van der Waals surface area contributed by atoms with Crippen molar-refractivity contribution in [3.05, 3.63) is 34.5 Å². The molecule has 2 N–H and O–H groups in total. The molecule has 26 heavy (non-hydrogen) atoms. The zero-order chi connectivity index (χ0) is 18.6. The van der Waals surface area contributed by atoms with E-state index in [0.29, 0.717) is 37.7 Å². The third kappa shape index (κ3) is 2.51. The van der Waals surface area contributed by atoms with E-state index in [-0.39, 0.29) is 11.8 Å². The predicted octanol–water partition coefficient (Wildman–Crippen LogP) is 2.49. The van der Waals surface area contributed by atoms with Crippen LogP contribution in [-0.4, -0.2) is 57.9 Å². The fourth-order valence-electron chi connectivity index (χ4n) is 4.58. The average Bonchev–Trinajstić information content (AvgIpc) is 3.19. The van der Waals surface area contributed by atoms with Crippen LogP contribution < -0.4 is 0 Å². The van der Waals surface area contributed by atoms with Gasteiger partial charge in [-0.25, -0.2) is 0 Å². The number of carboxylic acids is 1. The molecular weight excluding hydrogens is 354 g/mol. The molecule has 3 heterocycles. The molecule has 0 radical (unpaired) electrons. The van der Waals surface area contributed by atoms with Crippen LogP contribution in [-0.2, 0) is 16.1 Å². The van der Waals surface area contributed by atoms with Gasteiger partial charge in [-0.3, -0.25) is 14.5 Å². The highest BCUT2D eigenvalue weighted by atomic mass is 35.5. The fraction of sp³-hybridized carbons (Fsp3) is 0.474. The molecule has 0 spiro atoms. The molecule has 1 aromatic heterocycles. The van der Waals surface area contributed by atoms with Crippen molar-refractivity contribution >= 4 is 34.4 Å². The summed E-state index contributed by atoms with van der Waals surface area (Å²) in [4.78, 5) is 31.0. The van der Waals surface area contributed by atoms with Gasteiger partial charge in [0, 0.05) is 56.6 Å². The van der Waals surface area contributed by atoms with Crippen LogP contribution >= 0.6 is 11.6 Å². The molecule has 2 fully saturated rings. The maximum atomic E-state index is 12.0. The Morgan fingerprint density at radius 1 is 1.35 bits per heavy atom. The summed E-state index contributed by atoms with van der Waals surface area (Å²) in [5, 5.41) is 11.7. The van der Waals surface area contributed by atoms with Crippen molar-refractivity contribution in [1.82, 2.24) is 14.8 Å². The standard InChI is InChI=1S/C19H22ClN3O3/c1-11-14-4-3-5-15(20)17(14)21-16(11)8-22-6-13-7-23(12(2)24)10-19(13,9-22)18(25)26/h3-5,13,21H,6-10H2,1-2H3,(H,25,26)/t13-,19-/m1/s1. The van der Waals surface area contributed by atoms with Crippen LogP contribution in [0.2, 0.25) is 5.02 Å². The van der Waals surface area contributed by atoms with Gasteiger partial charge < -0.3 is 15.0 Å². The Kier molecular flexibility index (Phi) is 4.00. The number of carboxylic acid groups (broad SMARTS) is 1. The molecule has 2 aliphatic heterocycles. The third-order valence-electron chi connectivity index (χ3n) is 6.08. The summed E-state index contributed by atoms with van der Waals surface area (Å²) in [5.41, 5.74) is 2.28. The van der Waals surface area contributed by atoms with Crippen molar-refractivity contribution in [3.63, 3.8) is 0 Å². The number of hydrogen-bond acceptors (Lipinski definition) is 3. The number of carbonyl (C=O) groups is 2. The zero-order valence-corrected chi connectivity index (χ0v) is 15.6. The normalized spacial score (nSPS) is 25.8. The number of benzene rings is 1. The van der Waals surface area contributed by atoms with Gasteiger partial charge in [0.05, 0.1) is 10.5 Å². The number of hydrogen-bond donors (Lipinski definition) is 2. The Balaban J connectivity index is 1.59. The summed E-state index contributed by atoms with van der Waals surface area (Å²) in [6.07, 6.45) is 0. The largest absolute Gasteiger partial charge is 0.481 e. The van der Waals surface area contributed by atoms with Gasteiger partial charge in [-0.2, -0.15) is 0 Å². The monoisotopic (exact) mass is 375 g/mol. The van der Waals surface area contributed by atoms with E-state index in [1.807, 2.05) is 18.2 Å². The number of amides is 1. The Bertz CT molecular complexity index is 909. The summed E-state index contributed by atoms with van der Waals surface area (Å²) >= 11 is 6.29. The third-order valence-corrected chi connectivity index (χ3v) is 6.39. The number of fused-ring (bicyclic) bond motifs is 2. The number of para-hydroxylation sites is 1.